The average Bonchev–Trinajstić information content (AvgIpc) is 2.74. The highest BCUT2D eigenvalue weighted by Crippen LogP contribution is 2.32. The first kappa shape index (κ1) is 20.1. The van der Waals surface area contributed by atoms with Crippen molar-refractivity contribution in [1.29, 1.82) is 0 Å². The highest BCUT2D eigenvalue weighted by molar-refractivity contribution is 5.92. The van der Waals surface area contributed by atoms with E-state index in [0.29, 0.717) is 18.0 Å². The second kappa shape index (κ2) is 9.55. The van der Waals surface area contributed by atoms with Gasteiger partial charge in [0, 0.05) is 13.3 Å². The van der Waals surface area contributed by atoms with Crippen molar-refractivity contribution in [3.8, 4) is 22.6 Å². The molecule has 0 saturated heterocycles. The molecule has 29 heavy (non-hydrogen) atoms. The smallest absolute Gasteiger partial charge is 0.310 e. The SMILES string of the molecule is CCC(=O)Oc1ccc(-c2ccc(OCc3ccccc3)cc2)cc1NC(C)=O. The lowest BCUT2D eigenvalue weighted by Gasteiger charge is -2.13. The molecule has 5 heteroatoms. The summed E-state index contributed by atoms with van der Waals surface area (Å²) in [5.41, 5.74) is 3.41. The lowest BCUT2D eigenvalue weighted by atomic mass is 10.0. The Morgan fingerprint density at radius 1 is 0.897 bits per heavy atom. The predicted octanol–water partition coefficient (Wildman–Crippen LogP) is 5.21. The van der Waals surface area contributed by atoms with Crippen molar-refractivity contribution in [2.45, 2.75) is 26.9 Å². The molecule has 0 atom stereocenters. The normalized spacial score (nSPS) is 10.3. The van der Waals surface area contributed by atoms with Crippen LogP contribution < -0.4 is 14.8 Å². The first-order valence-corrected chi connectivity index (χ1v) is 9.44. The number of hydrogen-bond acceptors (Lipinski definition) is 4. The Hall–Kier alpha value is -3.60. The Morgan fingerprint density at radius 2 is 1.59 bits per heavy atom. The van der Waals surface area contributed by atoms with Gasteiger partial charge < -0.3 is 14.8 Å². The van der Waals surface area contributed by atoms with Crippen LogP contribution in [-0.2, 0) is 16.2 Å². The molecule has 148 valence electrons. The summed E-state index contributed by atoms with van der Waals surface area (Å²) in [4.78, 5) is 23.2. The van der Waals surface area contributed by atoms with Gasteiger partial charge in [-0.2, -0.15) is 0 Å². The molecule has 0 aliphatic heterocycles. The molecule has 0 fully saturated rings. The molecule has 3 rings (SSSR count). The molecule has 0 unspecified atom stereocenters. The van der Waals surface area contributed by atoms with E-state index in [2.05, 4.69) is 5.32 Å². The molecule has 5 nitrogen and oxygen atoms in total. The fourth-order valence-corrected chi connectivity index (χ4v) is 2.77. The van der Waals surface area contributed by atoms with Gasteiger partial charge >= 0.3 is 5.97 Å². The first-order chi connectivity index (χ1) is 14.0. The van der Waals surface area contributed by atoms with Crippen molar-refractivity contribution < 1.29 is 19.1 Å². The van der Waals surface area contributed by atoms with Gasteiger partial charge in [0.2, 0.25) is 5.91 Å². The van der Waals surface area contributed by atoms with Crippen LogP contribution in [0, 0.1) is 0 Å². The molecule has 0 aromatic heterocycles. The predicted molar refractivity (Wildman–Crippen MR) is 113 cm³/mol. The van der Waals surface area contributed by atoms with Gasteiger partial charge in [-0.1, -0.05) is 55.5 Å². The Balaban J connectivity index is 1.76. The number of hydrogen-bond donors (Lipinski definition) is 1. The topological polar surface area (TPSA) is 64.6 Å². The standard InChI is InChI=1S/C24H23NO4/c1-3-24(27)29-23-14-11-20(15-22(23)25-17(2)26)19-9-12-21(13-10-19)28-16-18-7-5-4-6-8-18/h4-15H,3,16H2,1-2H3,(H,25,26). The molecule has 0 aliphatic carbocycles. The van der Waals surface area contributed by atoms with Crippen LogP contribution in [0.4, 0.5) is 5.69 Å². The van der Waals surface area contributed by atoms with E-state index in [1.807, 2.05) is 60.7 Å². The molecule has 0 heterocycles. The quantitative estimate of drug-likeness (QED) is 0.445. The molecule has 1 amide bonds. The summed E-state index contributed by atoms with van der Waals surface area (Å²) in [6, 6.07) is 23.0. The van der Waals surface area contributed by atoms with Crippen LogP contribution in [0.25, 0.3) is 11.1 Å². The maximum atomic E-state index is 11.6. The maximum Gasteiger partial charge on any atom is 0.310 e. The van der Waals surface area contributed by atoms with Gasteiger partial charge in [0.15, 0.2) is 5.75 Å². The molecule has 0 bridgehead atoms. The number of amides is 1. The van der Waals surface area contributed by atoms with Crippen LogP contribution in [-0.4, -0.2) is 11.9 Å². The van der Waals surface area contributed by atoms with Gasteiger partial charge in [-0.25, -0.2) is 0 Å². The summed E-state index contributed by atoms with van der Waals surface area (Å²) in [7, 11) is 0. The number of esters is 1. The summed E-state index contributed by atoms with van der Waals surface area (Å²) in [5.74, 6) is 0.511. The van der Waals surface area contributed by atoms with E-state index in [1.165, 1.54) is 6.92 Å². The Labute approximate surface area is 170 Å². The van der Waals surface area contributed by atoms with Gasteiger partial charge in [0.25, 0.3) is 0 Å². The Morgan fingerprint density at radius 3 is 2.24 bits per heavy atom. The van der Waals surface area contributed by atoms with Crippen molar-refractivity contribution in [3.05, 3.63) is 78.4 Å². The fraction of sp³-hybridized carbons (Fsp3) is 0.167. The van der Waals surface area contributed by atoms with E-state index in [9.17, 15) is 9.59 Å². The van der Waals surface area contributed by atoms with Crippen molar-refractivity contribution in [1.82, 2.24) is 0 Å². The summed E-state index contributed by atoms with van der Waals surface area (Å²) in [5, 5.41) is 2.72. The molecular weight excluding hydrogens is 366 g/mol. The van der Waals surface area contributed by atoms with E-state index in [0.717, 1.165) is 22.4 Å². The zero-order valence-corrected chi connectivity index (χ0v) is 16.5. The number of rotatable bonds is 7. The summed E-state index contributed by atoms with van der Waals surface area (Å²) in [6.07, 6.45) is 0.256. The minimum absolute atomic E-state index is 0.236. The molecule has 0 aliphatic rings. The molecular formula is C24H23NO4. The molecule has 0 spiro atoms. The van der Waals surface area contributed by atoms with E-state index >= 15 is 0 Å². The van der Waals surface area contributed by atoms with Crippen molar-refractivity contribution in [2.75, 3.05) is 5.32 Å². The first-order valence-electron chi connectivity index (χ1n) is 9.44. The molecule has 0 saturated carbocycles. The van der Waals surface area contributed by atoms with Crippen LogP contribution in [0.15, 0.2) is 72.8 Å². The van der Waals surface area contributed by atoms with Crippen molar-refractivity contribution in [3.63, 3.8) is 0 Å². The molecule has 3 aromatic carbocycles. The zero-order chi connectivity index (χ0) is 20.6. The molecule has 1 N–H and O–H groups in total. The van der Waals surface area contributed by atoms with E-state index in [-0.39, 0.29) is 18.3 Å². The number of anilines is 1. The van der Waals surface area contributed by atoms with E-state index in [1.54, 1.807) is 19.1 Å². The van der Waals surface area contributed by atoms with Gasteiger partial charge in [-0.3, -0.25) is 9.59 Å². The monoisotopic (exact) mass is 389 g/mol. The van der Waals surface area contributed by atoms with Crippen LogP contribution in [0.2, 0.25) is 0 Å². The van der Waals surface area contributed by atoms with Gasteiger partial charge in [-0.15, -0.1) is 0 Å². The minimum Gasteiger partial charge on any atom is -0.489 e. The lowest BCUT2D eigenvalue weighted by Crippen LogP contribution is -2.11. The van der Waals surface area contributed by atoms with Crippen molar-refractivity contribution >= 4 is 17.6 Å². The van der Waals surface area contributed by atoms with Crippen molar-refractivity contribution in [2.24, 2.45) is 0 Å². The van der Waals surface area contributed by atoms with Crippen LogP contribution in [0.1, 0.15) is 25.8 Å². The largest absolute Gasteiger partial charge is 0.489 e. The third kappa shape index (κ3) is 5.69. The Bertz CT molecular complexity index is 982. The number of ether oxygens (including phenoxy) is 2. The average molecular weight is 389 g/mol. The van der Waals surface area contributed by atoms with Crippen LogP contribution in [0.5, 0.6) is 11.5 Å². The lowest BCUT2D eigenvalue weighted by molar-refractivity contribution is -0.134. The van der Waals surface area contributed by atoms with Crippen LogP contribution >= 0.6 is 0 Å². The second-order valence-electron chi connectivity index (χ2n) is 6.52. The Kier molecular flexibility index (Phi) is 6.63. The maximum absolute atomic E-state index is 11.6. The third-order valence-corrected chi connectivity index (χ3v) is 4.24. The number of carbonyl (C=O) groups excluding carboxylic acids is 2. The van der Waals surface area contributed by atoms with Gasteiger partial charge in [0.1, 0.15) is 12.4 Å². The minimum atomic E-state index is -0.357. The highest BCUT2D eigenvalue weighted by Gasteiger charge is 2.11. The second-order valence-corrected chi connectivity index (χ2v) is 6.52. The highest BCUT2D eigenvalue weighted by atomic mass is 16.5. The van der Waals surface area contributed by atoms with Crippen LogP contribution in [0.3, 0.4) is 0 Å². The number of nitrogens with one attached hydrogen (secondary N) is 1. The number of benzene rings is 3. The summed E-state index contributed by atoms with van der Waals surface area (Å²) in [6.45, 7) is 3.64. The molecule has 0 radical (unpaired) electrons. The van der Waals surface area contributed by atoms with Gasteiger partial charge in [-0.05, 0) is 41.0 Å². The third-order valence-electron chi connectivity index (χ3n) is 4.24. The summed E-state index contributed by atoms with van der Waals surface area (Å²) < 4.78 is 11.1. The summed E-state index contributed by atoms with van der Waals surface area (Å²) >= 11 is 0. The zero-order valence-electron chi connectivity index (χ0n) is 16.5. The molecule has 3 aromatic rings. The fourth-order valence-electron chi connectivity index (χ4n) is 2.77. The number of carbonyl (C=O) groups is 2. The van der Waals surface area contributed by atoms with E-state index < -0.39 is 0 Å². The van der Waals surface area contributed by atoms with E-state index in [4.69, 9.17) is 9.47 Å². The van der Waals surface area contributed by atoms with Gasteiger partial charge in [0.05, 0.1) is 5.69 Å².